The molecule has 2 heterocycles. The second kappa shape index (κ2) is 6.18. The molecule has 0 saturated heterocycles. The van der Waals surface area contributed by atoms with Crippen LogP contribution in [0.25, 0.3) is 21.7 Å². The Morgan fingerprint density at radius 3 is 2.75 bits per heavy atom. The van der Waals surface area contributed by atoms with E-state index in [-0.39, 0.29) is 11.6 Å². The molecular formula is C17H14N4O2S. The highest BCUT2D eigenvalue weighted by molar-refractivity contribution is 7.15. The number of benzene rings is 1. The number of aromatic nitrogens is 2. The van der Waals surface area contributed by atoms with Gasteiger partial charge in [0.1, 0.15) is 17.5 Å². The maximum atomic E-state index is 9.73. The third-order valence-corrected chi connectivity index (χ3v) is 4.47. The first-order valence-electron chi connectivity index (χ1n) is 7.04. The Bertz CT molecular complexity index is 960. The van der Waals surface area contributed by atoms with Gasteiger partial charge < -0.3 is 15.6 Å². The van der Waals surface area contributed by atoms with Gasteiger partial charge in [-0.05, 0) is 31.2 Å². The van der Waals surface area contributed by atoms with E-state index in [1.54, 1.807) is 24.4 Å². The summed E-state index contributed by atoms with van der Waals surface area (Å²) in [6.45, 7) is 1.90. The van der Waals surface area contributed by atoms with Gasteiger partial charge in [0, 0.05) is 17.3 Å². The molecule has 3 rings (SSSR count). The van der Waals surface area contributed by atoms with Gasteiger partial charge in [-0.2, -0.15) is 5.26 Å². The number of hydrogen-bond acceptors (Lipinski definition) is 7. The van der Waals surface area contributed by atoms with Crippen molar-refractivity contribution in [2.45, 2.75) is 6.92 Å². The van der Waals surface area contributed by atoms with Gasteiger partial charge >= 0.3 is 0 Å². The predicted octanol–water partition coefficient (Wildman–Crippen LogP) is 3.35. The van der Waals surface area contributed by atoms with E-state index in [9.17, 15) is 10.4 Å². The number of anilines is 1. The molecule has 0 aliphatic heterocycles. The second-order valence-corrected chi connectivity index (χ2v) is 6.29. The number of nitrogen functional groups attached to an aromatic ring is 1. The van der Waals surface area contributed by atoms with Crippen LogP contribution in [0.2, 0.25) is 0 Å². The summed E-state index contributed by atoms with van der Waals surface area (Å²) in [5.74, 6) is 0.539. The lowest BCUT2D eigenvalue weighted by molar-refractivity contribution is 0.373. The molecule has 1 aromatic carbocycles. The number of hydrogen-bond donors (Lipinski definition) is 2. The number of pyridine rings is 1. The highest BCUT2D eigenvalue weighted by Crippen LogP contribution is 2.36. The molecule has 0 amide bonds. The quantitative estimate of drug-likeness (QED) is 0.759. The smallest absolute Gasteiger partial charge is 0.161 e. The Labute approximate surface area is 142 Å². The van der Waals surface area contributed by atoms with Crippen LogP contribution >= 0.6 is 11.3 Å². The van der Waals surface area contributed by atoms with Crippen molar-refractivity contribution in [3.05, 3.63) is 41.0 Å². The van der Waals surface area contributed by atoms with Crippen molar-refractivity contribution in [2.24, 2.45) is 0 Å². The number of phenolic OH excluding ortho intramolecular Hbond substituents is 1. The Kier molecular flexibility index (Phi) is 4.06. The minimum Gasteiger partial charge on any atom is -0.504 e. The van der Waals surface area contributed by atoms with Gasteiger partial charge in [-0.3, -0.25) is 0 Å². The topological polar surface area (TPSA) is 105 Å². The normalized spacial score (nSPS) is 10.4. The number of aryl methyl sites for hydroxylation is 1. The second-order valence-electron chi connectivity index (χ2n) is 5.06. The molecule has 0 atom stereocenters. The molecule has 0 aliphatic rings. The standard InChI is InChI=1S/C17H14N4O2S/c1-9-20-8-16(24-9)11-6-13(21-17(19)12(11)7-18)10-3-4-14(22)15(5-10)23-2/h3-6,8,22H,1-2H3,(H2,19,21). The van der Waals surface area contributed by atoms with E-state index in [4.69, 9.17) is 10.5 Å². The minimum absolute atomic E-state index is 0.0428. The van der Waals surface area contributed by atoms with E-state index in [0.717, 1.165) is 15.4 Å². The highest BCUT2D eigenvalue weighted by atomic mass is 32.1. The van der Waals surface area contributed by atoms with Gasteiger partial charge in [0.15, 0.2) is 11.5 Å². The van der Waals surface area contributed by atoms with Crippen LogP contribution in [-0.4, -0.2) is 22.2 Å². The van der Waals surface area contributed by atoms with Gasteiger partial charge in [0.2, 0.25) is 0 Å². The van der Waals surface area contributed by atoms with E-state index in [0.29, 0.717) is 22.6 Å². The third kappa shape index (κ3) is 2.75. The zero-order valence-corrected chi connectivity index (χ0v) is 13.9. The fraction of sp³-hybridized carbons (Fsp3) is 0.118. The summed E-state index contributed by atoms with van der Waals surface area (Å²) in [6, 6.07) is 8.82. The van der Waals surface area contributed by atoms with Crippen molar-refractivity contribution in [3.63, 3.8) is 0 Å². The molecule has 2 aromatic heterocycles. The Morgan fingerprint density at radius 1 is 1.33 bits per heavy atom. The third-order valence-electron chi connectivity index (χ3n) is 3.52. The van der Waals surface area contributed by atoms with Crippen molar-refractivity contribution < 1.29 is 9.84 Å². The van der Waals surface area contributed by atoms with E-state index in [1.165, 1.54) is 24.5 Å². The molecule has 24 heavy (non-hydrogen) atoms. The summed E-state index contributed by atoms with van der Waals surface area (Å²) >= 11 is 1.48. The summed E-state index contributed by atoms with van der Waals surface area (Å²) in [4.78, 5) is 9.40. The monoisotopic (exact) mass is 338 g/mol. The fourth-order valence-electron chi connectivity index (χ4n) is 2.35. The van der Waals surface area contributed by atoms with Gasteiger partial charge in [0.25, 0.3) is 0 Å². The van der Waals surface area contributed by atoms with Crippen LogP contribution in [0.1, 0.15) is 10.6 Å². The first-order valence-corrected chi connectivity index (χ1v) is 7.86. The average molecular weight is 338 g/mol. The summed E-state index contributed by atoms with van der Waals surface area (Å²) in [6.07, 6.45) is 1.72. The molecule has 3 N–H and O–H groups in total. The number of ether oxygens (including phenoxy) is 1. The van der Waals surface area contributed by atoms with Crippen LogP contribution in [0.5, 0.6) is 11.5 Å². The summed E-state index contributed by atoms with van der Waals surface area (Å²) in [5, 5.41) is 20.0. The Hall–Kier alpha value is -3.11. The van der Waals surface area contributed by atoms with Gasteiger partial charge in [-0.15, -0.1) is 11.3 Å². The van der Waals surface area contributed by atoms with Gasteiger partial charge in [-0.25, -0.2) is 9.97 Å². The molecular weight excluding hydrogens is 324 g/mol. The highest BCUT2D eigenvalue weighted by Gasteiger charge is 2.16. The molecule has 0 spiro atoms. The lowest BCUT2D eigenvalue weighted by atomic mass is 10.0. The molecule has 3 aromatic rings. The maximum Gasteiger partial charge on any atom is 0.161 e. The lowest BCUT2D eigenvalue weighted by Gasteiger charge is -2.10. The van der Waals surface area contributed by atoms with E-state index in [1.807, 2.05) is 6.92 Å². The summed E-state index contributed by atoms with van der Waals surface area (Å²) in [5.41, 5.74) is 8.32. The van der Waals surface area contributed by atoms with Crippen LogP contribution in [0.4, 0.5) is 5.82 Å². The summed E-state index contributed by atoms with van der Waals surface area (Å²) in [7, 11) is 1.48. The number of nitrogens with two attached hydrogens (primary N) is 1. The maximum absolute atomic E-state index is 9.73. The van der Waals surface area contributed by atoms with E-state index >= 15 is 0 Å². The number of phenols is 1. The van der Waals surface area contributed by atoms with E-state index in [2.05, 4.69) is 16.0 Å². The number of nitrogens with zero attached hydrogens (tertiary/aromatic N) is 3. The van der Waals surface area contributed by atoms with Crippen molar-refractivity contribution in [1.29, 1.82) is 5.26 Å². The first kappa shape index (κ1) is 15.8. The fourth-order valence-corrected chi connectivity index (χ4v) is 3.15. The molecule has 120 valence electrons. The number of rotatable bonds is 3. The number of aromatic hydroxyl groups is 1. The molecule has 6 nitrogen and oxygen atoms in total. The van der Waals surface area contributed by atoms with Gasteiger partial charge in [-0.1, -0.05) is 0 Å². The number of thiazole rings is 1. The molecule has 0 bridgehead atoms. The van der Waals surface area contributed by atoms with Gasteiger partial charge in [0.05, 0.1) is 22.7 Å². The van der Waals surface area contributed by atoms with Crippen LogP contribution in [0.15, 0.2) is 30.5 Å². The molecule has 0 saturated carbocycles. The number of methoxy groups -OCH3 is 1. The van der Waals surface area contributed by atoms with Crippen molar-refractivity contribution in [1.82, 2.24) is 9.97 Å². The zero-order chi connectivity index (χ0) is 17.3. The van der Waals surface area contributed by atoms with Crippen LogP contribution in [0, 0.1) is 18.3 Å². The number of nitriles is 1. The molecule has 0 fully saturated rings. The minimum atomic E-state index is 0.0428. The van der Waals surface area contributed by atoms with E-state index < -0.39 is 0 Å². The van der Waals surface area contributed by atoms with Crippen molar-refractivity contribution in [2.75, 3.05) is 12.8 Å². The van der Waals surface area contributed by atoms with Crippen molar-refractivity contribution in [3.8, 4) is 39.3 Å². The molecule has 0 unspecified atom stereocenters. The van der Waals surface area contributed by atoms with Crippen molar-refractivity contribution >= 4 is 17.2 Å². The molecule has 7 heteroatoms. The lowest BCUT2D eigenvalue weighted by Crippen LogP contribution is -1.99. The largest absolute Gasteiger partial charge is 0.504 e. The SMILES string of the molecule is COc1cc(-c2cc(-c3cnc(C)s3)c(C#N)c(N)n2)ccc1O. The van der Waals surface area contributed by atoms with Crippen LogP contribution < -0.4 is 10.5 Å². The first-order chi connectivity index (χ1) is 11.5. The predicted molar refractivity (Wildman–Crippen MR) is 92.9 cm³/mol. The van der Waals surface area contributed by atoms with Crippen LogP contribution in [0.3, 0.4) is 0 Å². The Balaban J connectivity index is 2.20. The summed E-state index contributed by atoms with van der Waals surface area (Å²) < 4.78 is 5.13. The average Bonchev–Trinajstić information content (AvgIpc) is 3.01. The zero-order valence-electron chi connectivity index (χ0n) is 13.1. The Morgan fingerprint density at radius 2 is 2.12 bits per heavy atom. The van der Waals surface area contributed by atoms with Crippen LogP contribution in [-0.2, 0) is 0 Å². The molecule has 0 radical (unpaired) electrons. The molecule has 0 aliphatic carbocycles.